The highest BCUT2D eigenvalue weighted by Crippen LogP contribution is 2.29. The molecule has 2 aromatic rings. The molecule has 0 fully saturated rings. The minimum absolute atomic E-state index is 0.306. The fourth-order valence-electron chi connectivity index (χ4n) is 1.54. The van der Waals surface area contributed by atoms with Crippen molar-refractivity contribution in [2.45, 2.75) is 17.1 Å². The van der Waals surface area contributed by atoms with E-state index in [-0.39, 0.29) is 5.91 Å². The van der Waals surface area contributed by atoms with Crippen LogP contribution in [0.2, 0.25) is 5.02 Å². The zero-order valence-corrected chi connectivity index (χ0v) is 12.8. The molecule has 2 rings (SSSR count). The van der Waals surface area contributed by atoms with Gasteiger partial charge in [0.05, 0.1) is 10.3 Å². The maximum Gasteiger partial charge on any atom is 0.286 e. The summed E-state index contributed by atoms with van der Waals surface area (Å²) in [4.78, 5) is 27.2. The second-order valence-corrected chi connectivity index (χ2v) is 6.01. The predicted octanol–water partition coefficient (Wildman–Crippen LogP) is 2.61. The number of aromatic nitrogens is 1. The molecule has 0 radical (unpaired) electrons. The van der Waals surface area contributed by atoms with E-state index >= 15 is 0 Å². The van der Waals surface area contributed by atoms with E-state index in [4.69, 9.17) is 11.6 Å². The number of thioether (sulfide) groups is 1. The van der Waals surface area contributed by atoms with Crippen LogP contribution >= 0.6 is 23.4 Å². The molecule has 0 saturated carbocycles. The zero-order chi connectivity index (χ0) is 15.2. The number of nitrogens with one attached hydrogen (secondary N) is 3. The minimum Gasteiger partial charge on any atom is -0.357 e. The predicted molar refractivity (Wildman–Crippen MR) is 83.2 cm³/mol. The molecule has 1 unspecified atom stereocenters. The fourth-order valence-corrected chi connectivity index (χ4v) is 2.70. The first-order valence-corrected chi connectivity index (χ1v) is 7.48. The maximum absolute atomic E-state index is 11.9. The molecule has 1 aromatic carbocycles. The van der Waals surface area contributed by atoms with Crippen molar-refractivity contribution in [3.05, 3.63) is 53.3 Å². The van der Waals surface area contributed by atoms with Crippen molar-refractivity contribution in [2.24, 2.45) is 0 Å². The molecule has 0 saturated heterocycles. The van der Waals surface area contributed by atoms with Gasteiger partial charge in [0, 0.05) is 11.1 Å². The number of H-pyrrole nitrogens is 1. The maximum atomic E-state index is 11.9. The topological polar surface area (TPSA) is 74.0 Å². The van der Waals surface area contributed by atoms with Gasteiger partial charge in [-0.15, -0.1) is 11.8 Å². The van der Waals surface area contributed by atoms with Crippen molar-refractivity contribution >= 4 is 35.2 Å². The lowest BCUT2D eigenvalue weighted by Gasteiger charge is -2.13. The Bertz CT molecular complexity index is 631. The molecule has 0 spiro atoms. The molecular weight excluding hydrogens is 310 g/mol. The first-order valence-electron chi connectivity index (χ1n) is 6.22. The van der Waals surface area contributed by atoms with E-state index in [2.05, 4.69) is 15.8 Å². The Labute approximate surface area is 131 Å². The van der Waals surface area contributed by atoms with Crippen LogP contribution in [0.5, 0.6) is 0 Å². The van der Waals surface area contributed by atoms with Gasteiger partial charge in [0.1, 0.15) is 5.69 Å². The van der Waals surface area contributed by atoms with Crippen LogP contribution in [0.1, 0.15) is 17.4 Å². The number of aromatic amines is 1. The molecule has 1 aromatic heterocycles. The van der Waals surface area contributed by atoms with Gasteiger partial charge in [0.2, 0.25) is 0 Å². The highest BCUT2D eigenvalue weighted by Gasteiger charge is 2.16. The molecule has 1 atom stereocenters. The Balaban J connectivity index is 1.86. The molecule has 21 heavy (non-hydrogen) atoms. The van der Waals surface area contributed by atoms with Crippen LogP contribution in [0.25, 0.3) is 0 Å². The van der Waals surface area contributed by atoms with Crippen LogP contribution < -0.4 is 10.9 Å². The second-order valence-electron chi connectivity index (χ2n) is 4.22. The van der Waals surface area contributed by atoms with E-state index in [1.54, 1.807) is 31.3 Å². The van der Waals surface area contributed by atoms with Crippen molar-refractivity contribution in [3.8, 4) is 0 Å². The van der Waals surface area contributed by atoms with E-state index in [1.807, 2.05) is 18.2 Å². The van der Waals surface area contributed by atoms with Crippen LogP contribution in [-0.4, -0.2) is 22.0 Å². The molecule has 0 aliphatic carbocycles. The minimum atomic E-state index is -0.400. The van der Waals surface area contributed by atoms with E-state index in [9.17, 15) is 9.59 Å². The number of amides is 2. The third kappa shape index (κ3) is 4.27. The molecule has 5 nitrogen and oxygen atoms in total. The van der Waals surface area contributed by atoms with E-state index < -0.39 is 11.2 Å². The average molecular weight is 324 g/mol. The Kier molecular flexibility index (Phi) is 5.30. The lowest BCUT2D eigenvalue weighted by Crippen LogP contribution is -2.45. The zero-order valence-electron chi connectivity index (χ0n) is 11.2. The number of carbonyl (C=O) groups is 2. The van der Waals surface area contributed by atoms with Crippen LogP contribution in [0, 0.1) is 0 Å². The van der Waals surface area contributed by atoms with Crippen molar-refractivity contribution in [2.75, 3.05) is 0 Å². The average Bonchev–Trinajstić information content (AvgIpc) is 3.01. The van der Waals surface area contributed by atoms with Crippen molar-refractivity contribution in [1.82, 2.24) is 15.8 Å². The molecular formula is C14H14ClN3O2S. The summed E-state index contributed by atoms with van der Waals surface area (Å²) in [7, 11) is 0. The Morgan fingerprint density at radius 3 is 2.62 bits per heavy atom. The van der Waals surface area contributed by atoms with Gasteiger partial charge in [0.15, 0.2) is 0 Å². The quantitative estimate of drug-likeness (QED) is 0.598. The lowest BCUT2D eigenvalue weighted by molar-refractivity contribution is -0.121. The summed E-state index contributed by atoms with van der Waals surface area (Å²) in [6.07, 6.45) is 1.63. The fraction of sp³-hybridized carbons (Fsp3) is 0.143. The first-order chi connectivity index (χ1) is 10.1. The lowest BCUT2D eigenvalue weighted by atomic mass is 10.4. The summed E-state index contributed by atoms with van der Waals surface area (Å²) >= 11 is 7.37. The Morgan fingerprint density at radius 1 is 1.19 bits per heavy atom. The third-order valence-corrected chi connectivity index (χ3v) is 4.27. The van der Waals surface area contributed by atoms with Gasteiger partial charge in [-0.25, -0.2) is 0 Å². The van der Waals surface area contributed by atoms with Gasteiger partial charge in [-0.1, -0.05) is 23.7 Å². The second kappa shape index (κ2) is 7.19. The highest BCUT2D eigenvalue weighted by molar-refractivity contribution is 8.00. The van der Waals surface area contributed by atoms with Crippen LogP contribution in [0.3, 0.4) is 0 Å². The molecule has 0 bridgehead atoms. The summed E-state index contributed by atoms with van der Waals surface area (Å²) in [6, 6.07) is 10.6. The Hall–Kier alpha value is -1.92. The number of benzene rings is 1. The van der Waals surface area contributed by atoms with Gasteiger partial charge in [-0.2, -0.15) is 0 Å². The number of hydrazine groups is 1. The molecule has 7 heteroatoms. The van der Waals surface area contributed by atoms with E-state index in [0.717, 1.165) is 4.90 Å². The summed E-state index contributed by atoms with van der Waals surface area (Å²) in [6.45, 7) is 1.74. The van der Waals surface area contributed by atoms with Gasteiger partial charge in [-0.3, -0.25) is 20.4 Å². The highest BCUT2D eigenvalue weighted by atomic mass is 35.5. The summed E-state index contributed by atoms with van der Waals surface area (Å²) in [5.41, 5.74) is 5.11. The van der Waals surface area contributed by atoms with Crippen molar-refractivity contribution in [3.63, 3.8) is 0 Å². The number of rotatable bonds is 4. The first kappa shape index (κ1) is 15.5. The summed E-state index contributed by atoms with van der Waals surface area (Å²) < 4.78 is 0. The van der Waals surface area contributed by atoms with Crippen LogP contribution in [0.4, 0.5) is 0 Å². The molecule has 0 aliphatic rings. The smallest absolute Gasteiger partial charge is 0.286 e. The van der Waals surface area contributed by atoms with Crippen molar-refractivity contribution < 1.29 is 9.59 Å². The normalized spacial score (nSPS) is 11.7. The largest absolute Gasteiger partial charge is 0.357 e. The molecule has 110 valence electrons. The summed E-state index contributed by atoms with van der Waals surface area (Å²) in [5, 5.41) is 0.200. The van der Waals surface area contributed by atoms with Crippen LogP contribution in [-0.2, 0) is 4.79 Å². The van der Waals surface area contributed by atoms with Gasteiger partial charge >= 0.3 is 0 Å². The van der Waals surface area contributed by atoms with E-state index in [1.165, 1.54) is 11.8 Å². The van der Waals surface area contributed by atoms with Gasteiger partial charge in [-0.05, 0) is 31.2 Å². The number of hydrogen-bond acceptors (Lipinski definition) is 3. The SMILES string of the molecule is CC(Sc1ccccc1Cl)C(=O)NNC(=O)c1ccc[nH]1. The van der Waals surface area contributed by atoms with Crippen molar-refractivity contribution in [1.29, 1.82) is 0 Å². The van der Waals surface area contributed by atoms with E-state index in [0.29, 0.717) is 10.7 Å². The number of hydrogen-bond donors (Lipinski definition) is 3. The van der Waals surface area contributed by atoms with Gasteiger partial charge < -0.3 is 4.98 Å². The number of carbonyl (C=O) groups excluding carboxylic acids is 2. The third-order valence-electron chi connectivity index (χ3n) is 2.65. The Morgan fingerprint density at radius 2 is 1.95 bits per heavy atom. The summed E-state index contributed by atoms with van der Waals surface area (Å²) in [5.74, 6) is -0.705. The molecule has 0 aliphatic heterocycles. The molecule has 1 heterocycles. The standard InChI is InChI=1S/C14H14ClN3O2S/c1-9(21-12-7-3-2-5-10(12)15)13(19)17-18-14(20)11-6-4-8-16-11/h2-9,16H,1H3,(H,17,19)(H,18,20). The van der Waals surface area contributed by atoms with Crippen LogP contribution in [0.15, 0.2) is 47.5 Å². The molecule has 2 amide bonds. The number of halogens is 1. The van der Waals surface area contributed by atoms with Gasteiger partial charge in [0.25, 0.3) is 11.8 Å². The molecule has 3 N–H and O–H groups in total. The monoisotopic (exact) mass is 323 g/mol.